The molecule has 0 radical (unpaired) electrons. The lowest BCUT2D eigenvalue weighted by atomic mass is 10.0. The van der Waals surface area contributed by atoms with Crippen LogP contribution in [0, 0.1) is 0 Å². The third kappa shape index (κ3) is 9.76. The van der Waals surface area contributed by atoms with Crippen LogP contribution in [0.4, 0.5) is 23.0 Å². The van der Waals surface area contributed by atoms with Crippen molar-refractivity contribution in [2.75, 3.05) is 52.9 Å². The van der Waals surface area contributed by atoms with Crippen molar-refractivity contribution < 1.29 is 0 Å². The molecule has 0 amide bonds. The molecule has 4 N–H and O–H groups in total. The van der Waals surface area contributed by atoms with Gasteiger partial charge in [0.25, 0.3) is 0 Å². The lowest BCUT2D eigenvalue weighted by molar-refractivity contribution is 0.466. The zero-order chi connectivity index (χ0) is 37.1. The summed E-state index contributed by atoms with van der Waals surface area (Å²) in [5.41, 5.74) is 2.04. The number of thiocarbonyl (C=S) groups is 2. The summed E-state index contributed by atoms with van der Waals surface area (Å²) in [4.78, 5) is 15.3. The summed E-state index contributed by atoms with van der Waals surface area (Å²) in [6.45, 7) is 3.91. The second kappa shape index (κ2) is 18.4. The molecule has 6 aromatic rings. The van der Waals surface area contributed by atoms with Crippen molar-refractivity contribution in [1.29, 1.82) is 0 Å². The smallest absolute Gasteiger partial charge is 0.170 e. The minimum Gasteiger partial charge on any atom is -0.360 e. The molecule has 0 atom stereocenters. The monoisotopic (exact) mass is 770 g/mol. The summed E-state index contributed by atoms with van der Waals surface area (Å²) in [6, 6.07) is 40.2. The number of fused-ring (bicyclic) bond motifs is 2. The Hall–Kier alpha value is -4.97. The summed E-state index contributed by atoms with van der Waals surface area (Å²) in [5, 5.41) is 19.8. The standard InChI is InChI=1S/C22H24N4S2.C21H22N4S/c1-28-19-8-6-17(7-9-19)24-22(27)25-18-11-14-26(15-12-18)21-20-5-3-2-4-16(20)10-13-23-21;26-21(23-17-7-2-1-3-8-17)24-18-11-14-25(15-12-18)20-19-9-5-4-6-16(19)10-13-22-20/h2-10,13,18H,11-12,14-15H2,1H3,(H2,24,25,27);1-10,13,18H,11-12,14-15H2,(H2,23,24,26). The van der Waals surface area contributed by atoms with Crippen LogP contribution in [0.2, 0.25) is 0 Å². The van der Waals surface area contributed by atoms with Crippen molar-refractivity contribution in [2.24, 2.45) is 0 Å². The highest BCUT2D eigenvalue weighted by Crippen LogP contribution is 2.28. The fourth-order valence-corrected chi connectivity index (χ4v) is 8.06. The van der Waals surface area contributed by atoms with Crippen LogP contribution in [0.25, 0.3) is 21.5 Å². The molecule has 2 aliphatic rings. The minimum absolute atomic E-state index is 0.386. The molecule has 8 nitrogen and oxygen atoms in total. The zero-order valence-electron chi connectivity index (χ0n) is 30.4. The number of anilines is 4. The molecule has 2 aliphatic heterocycles. The van der Waals surface area contributed by atoms with Crippen molar-refractivity contribution in [3.63, 3.8) is 0 Å². The Morgan fingerprint density at radius 2 is 0.981 bits per heavy atom. The lowest BCUT2D eigenvalue weighted by Gasteiger charge is -2.34. The molecule has 4 aromatic carbocycles. The van der Waals surface area contributed by atoms with Gasteiger partial charge in [0.15, 0.2) is 10.2 Å². The van der Waals surface area contributed by atoms with Crippen molar-refractivity contribution in [2.45, 2.75) is 42.7 Å². The first-order chi connectivity index (χ1) is 26.5. The van der Waals surface area contributed by atoms with Crippen LogP contribution in [0.3, 0.4) is 0 Å². The van der Waals surface area contributed by atoms with E-state index in [0.29, 0.717) is 22.3 Å². The molecule has 2 aromatic heterocycles. The molecular formula is C43H46N8S3. The molecule has 8 rings (SSSR count). The van der Waals surface area contributed by atoms with E-state index in [0.717, 1.165) is 74.9 Å². The van der Waals surface area contributed by atoms with E-state index in [1.807, 2.05) is 42.7 Å². The summed E-state index contributed by atoms with van der Waals surface area (Å²) in [6.07, 6.45) is 10.1. The number of aromatic nitrogens is 2. The van der Waals surface area contributed by atoms with Crippen LogP contribution >= 0.6 is 36.2 Å². The zero-order valence-corrected chi connectivity index (χ0v) is 32.9. The van der Waals surface area contributed by atoms with Crippen LogP contribution in [-0.2, 0) is 0 Å². The van der Waals surface area contributed by atoms with Crippen LogP contribution in [-0.4, -0.2) is 64.7 Å². The molecule has 4 heterocycles. The number of hydrogen-bond acceptors (Lipinski definition) is 7. The normalized spacial score (nSPS) is 14.9. The quantitative estimate of drug-likeness (QED) is 0.0928. The number of para-hydroxylation sites is 1. The van der Waals surface area contributed by atoms with Gasteiger partial charge in [-0.3, -0.25) is 0 Å². The average molecular weight is 771 g/mol. The van der Waals surface area contributed by atoms with Gasteiger partial charge in [-0.05, 0) is 116 Å². The largest absolute Gasteiger partial charge is 0.360 e. The highest BCUT2D eigenvalue weighted by Gasteiger charge is 2.23. The second-order valence-corrected chi connectivity index (χ2v) is 15.2. The molecule has 0 saturated carbocycles. The van der Waals surface area contributed by atoms with Gasteiger partial charge in [-0.2, -0.15) is 0 Å². The van der Waals surface area contributed by atoms with Crippen molar-refractivity contribution in [1.82, 2.24) is 20.6 Å². The SMILES string of the molecule is CSc1ccc(NC(=S)NC2CCN(c3nccc4ccccc34)CC2)cc1.S=C(Nc1ccccc1)NC1CCN(c2nccc3ccccc23)CC1. The molecular weight excluding hydrogens is 725 g/mol. The van der Waals surface area contributed by atoms with Gasteiger partial charge in [-0.15, -0.1) is 11.8 Å². The molecule has 0 bridgehead atoms. The van der Waals surface area contributed by atoms with Gasteiger partial charge in [-0.1, -0.05) is 66.7 Å². The molecule has 2 saturated heterocycles. The van der Waals surface area contributed by atoms with E-state index in [1.165, 1.54) is 26.4 Å². The Balaban J connectivity index is 0.000000167. The predicted octanol–water partition coefficient (Wildman–Crippen LogP) is 9.10. The maximum atomic E-state index is 5.51. The number of thioether (sulfide) groups is 1. The van der Waals surface area contributed by atoms with E-state index >= 15 is 0 Å². The molecule has 11 heteroatoms. The van der Waals surface area contributed by atoms with E-state index in [1.54, 1.807) is 11.8 Å². The van der Waals surface area contributed by atoms with Crippen LogP contribution in [0.1, 0.15) is 25.7 Å². The highest BCUT2D eigenvalue weighted by molar-refractivity contribution is 7.98. The first-order valence-electron chi connectivity index (χ1n) is 18.5. The van der Waals surface area contributed by atoms with Crippen molar-refractivity contribution in [3.8, 4) is 0 Å². The predicted molar refractivity (Wildman–Crippen MR) is 237 cm³/mol. The molecule has 54 heavy (non-hydrogen) atoms. The number of nitrogens with one attached hydrogen (secondary N) is 4. The maximum Gasteiger partial charge on any atom is 0.170 e. The van der Waals surface area contributed by atoms with Crippen molar-refractivity contribution >= 4 is 91.0 Å². The topological polar surface area (TPSA) is 80.4 Å². The van der Waals surface area contributed by atoms with E-state index in [4.69, 9.17) is 24.4 Å². The van der Waals surface area contributed by atoms with Gasteiger partial charge in [0, 0.05) is 77.7 Å². The summed E-state index contributed by atoms with van der Waals surface area (Å²) >= 11 is 12.7. The third-order valence-corrected chi connectivity index (χ3v) is 11.1. The lowest BCUT2D eigenvalue weighted by Crippen LogP contribution is -2.46. The number of rotatable bonds is 7. The Labute approximate surface area is 333 Å². The molecule has 0 aliphatic carbocycles. The van der Waals surface area contributed by atoms with E-state index in [2.05, 4.69) is 132 Å². The first-order valence-corrected chi connectivity index (χ1v) is 20.6. The fraction of sp³-hybridized carbons (Fsp3) is 0.256. The Morgan fingerprint density at radius 3 is 1.44 bits per heavy atom. The van der Waals surface area contributed by atoms with Crippen LogP contribution < -0.4 is 31.1 Å². The number of piperidine rings is 2. The summed E-state index contributed by atoms with van der Waals surface area (Å²) in [5.74, 6) is 2.18. The third-order valence-electron chi connectivity index (χ3n) is 9.94. The number of pyridine rings is 2. The van der Waals surface area contributed by atoms with Gasteiger partial charge >= 0.3 is 0 Å². The second-order valence-electron chi connectivity index (χ2n) is 13.5. The molecule has 0 unspecified atom stereocenters. The van der Waals surface area contributed by atoms with Crippen LogP contribution in [0.15, 0.2) is 133 Å². The molecule has 2 fully saturated rings. The maximum absolute atomic E-state index is 5.51. The Bertz CT molecular complexity index is 2140. The van der Waals surface area contributed by atoms with Gasteiger partial charge < -0.3 is 31.1 Å². The van der Waals surface area contributed by atoms with Crippen LogP contribution in [0.5, 0.6) is 0 Å². The van der Waals surface area contributed by atoms with E-state index in [9.17, 15) is 0 Å². The number of hydrogen-bond donors (Lipinski definition) is 4. The van der Waals surface area contributed by atoms with E-state index in [-0.39, 0.29) is 0 Å². The average Bonchev–Trinajstić information content (AvgIpc) is 3.22. The minimum atomic E-state index is 0.386. The highest BCUT2D eigenvalue weighted by atomic mass is 32.2. The fourth-order valence-electron chi connectivity index (χ4n) is 7.08. The summed E-state index contributed by atoms with van der Waals surface area (Å²) < 4.78 is 0. The number of benzene rings is 4. The Morgan fingerprint density at radius 1 is 0.556 bits per heavy atom. The molecule has 0 spiro atoms. The molecule has 276 valence electrons. The van der Waals surface area contributed by atoms with Gasteiger partial charge in [-0.25, -0.2) is 9.97 Å². The number of nitrogens with zero attached hydrogens (tertiary/aromatic N) is 4. The summed E-state index contributed by atoms with van der Waals surface area (Å²) in [7, 11) is 0. The van der Waals surface area contributed by atoms with Gasteiger partial charge in [0.05, 0.1) is 0 Å². The van der Waals surface area contributed by atoms with Crippen molar-refractivity contribution in [3.05, 3.63) is 128 Å². The Kier molecular flexibility index (Phi) is 12.7. The van der Waals surface area contributed by atoms with Gasteiger partial charge in [0.1, 0.15) is 11.6 Å². The van der Waals surface area contributed by atoms with E-state index < -0.39 is 0 Å². The first kappa shape index (κ1) is 37.3. The van der Waals surface area contributed by atoms with Gasteiger partial charge in [0.2, 0.25) is 0 Å².